The lowest BCUT2D eigenvalue weighted by atomic mass is 9.85. The van der Waals surface area contributed by atoms with Crippen LogP contribution in [-0.2, 0) is 0 Å². The first-order valence-corrected chi connectivity index (χ1v) is 19.2. The third-order valence-corrected chi connectivity index (χ3v) is 11.7. The molecule has 1 aromatic heterocycles. The highest BCUT2D eigenvalue weighted by Gasteiger charge is 2.28. The summed E-state index contributed by atoms with van der Waals surface area (Å²) in [6.07, 6.45) is 0. The molecule has 258 valence electrons. The third-order valence-electron chi connectivity index (χ3n) is 11.7. The highest BCUT2D eigenvalue weighted by Crippen LogP contribution is 2.51. The summed E-state index contributed by atoms with van der Waals surface area (Å²) in [7, 11) is 0. The van der Waals surface area contributed by atoms with Crippen molar-refractivity contribution in [3.05, 3.63) is 194 Å². The van der Waals surface area contributed by atoms with Gasteiger partial charge >= 0.3 is 0 Å². The Morgan fingerprint density at radius 1 is 0.268 bits per heavy atom. The first-order valence-electron chi connectivity index (χ1n) is 19.2. The molecule has 1 aliphatic carbocycles. The van der Waals surface area contributed by atoms with Crippen LogP contribution in [0.5, 0.6) is 0 Å². The molecule has 0 bridgehead atoms. The van der Waals surface area contributed by atoms with E-state index in [-0.39, 0.29) is 0 Å². The topological polar surface area (TPSA) is 25.8 Å². The van der Waals surface area contributed by atoms with Gasteiger partial charge in [-0.2, -0.15) is 0 Å². The first-order chi connectivity index (χ1) is 27.8. The van der Waals surface area contributed by atoms with Gasteiger partial charge in [0.15, 0.2) is 5.82 Å². The van der Waals surface area contributed by atoms with Gasteiger partial charge in [0.1, 0.15) is 0 Å². The van der Waals surface area contributed by atoms with Crippen LogP contribution in [0.2, 0.25) is 0 Å². The number of hydrogen-bond donors (Lipinski definition) is 0. The standard InChI is InChI=1S/C54H32N2/c1-2-12-36(13-3-1)54-55-52(51-46-22-10-16-33-17-11-23-47(49(33)46)53(51)56-54)35-26-24-34(25-27-35)48-42-18-6-8-20-44(42)50(45-21-9-7-19-43(45)48)40-29-28-39-30-37-14-4-5-15-38(37)31-41(39)32-40/h1-32H. The Labute approximate surface area is 324 Å². The lowest BCUT2D eigenvalue weighted by molar-refractivity contribution is 1.19. The SMILES string of the molecule is c1ccc(-c2nc(-c3ccc(-c4c5ccccc5c(-c5ccc6cc7ccccc7cc6c5)c5ccccc45)cc3)c3c(n2)-c2cccc4cccc-3c24)cc1. The summed E-state index contributed by atoms with van der Waals surface area (Å²) in [5.41, 5.74) is 12.4. The zero-order valence-electron chi connectivity index (χ0n) is 30.4. The van der Waals surface area contributed by atoms with Crippen LogP contribution >= 0.6 is 0 Å². The van der Waals surface area contributed by atoms with E-state index in [0.717, 1.165) is 33.9 Å². The zero-order valence-corrected chi connectivity index (χ0v) is 30.4. The molecule has 0 fully saturated rings. The van der Waals surface area contributed by atoms with E-state index in [4.69, 9.17) is 9.97 Å². The molecule has 2 nitrogen and oxygen atoms in total. The number of hydrogen-bond acceptors (Lipinski definition) is 2. The Balaban J connectivity index is 1.05. The van der Waals surface area contributed by atoms with Crippen LogP contribution in [-0.4, -0.2) is 9.97 Å². The van der Waals surface area contributed by atoms with Crippen molar-refractivity contribution in [2.24, 2.45) is 0 Å². The molecule has 1 aliphatic rings. The van der Waals surface area contributed by atoms with E-state index >= 15 is 0 Å². The number of rotatable bonds is 4. The summed E-state index contributed by atoms with van der Waals surface area (Å²) in [5, 5.41) is 12.5. The number of nitrogens with zero attached hydrogens (tertiary/aromatic N) is 2. The Kier molecular flexibility index (Phi) is 6.66. The van der Waals surface area contributed by atoms with Crippen molar-refractivity contribution >= 4 is 53.9 Å². The molecule has 0 atom stereocenters. The smallest absolute Gasteiger partial charge is 0.160 e. The van der Waals surface area contributed by atoms with Gasteiger partial charge in [0.05, 0.1) is 11.4 Å². The molecule has 0 aliphatic heterocycles. The van der Waals surface area contributed by atoms with Gasteiger partial charge in [-0.15, -0.1) is 0 Å². The highest BCUT2D eigenvalue weighted by atomic mass is 14.9. The molecule has 0 radical (unpaired) electrons. The fourth-order valence-electron chi connectivity index (χ4n) is 9.22. The van der Waals surface area contributed by atoms with E-state index in [1.165, 1.54) is 87.2 Å². The minimum Gasteiger partial charge on any atom is -0.227 e. The molecule has 1 heterocycles. The van der Waals surface area contributed by atoms with Crippen LogP contribution in [0.15, 0.2) is 194 Å². The monoisotopic (exact) mass is 708 g/mol. The molecule has 0 saturated heterocycles. The molecule has 0 unspecified atom stereocenters. The minimum atomic E-state index is 0.739. The average Bonchev–Trinajstić information content (AvgIpc) is 3.59. The molecular weight excluding hydrogens is 677 g/mol. The molecule has 2 heteroatoms. The molecular formula is C54H32N2. The van der Waals surface area contributed by atoms with Crippen LogP contribution in [0.25, 0.3) is 121 Å². The van der Waals surface area contributed by atoms with Gasteiger partial charge < -0.3 is 0 Å². The summed E-state index contributed by atoms with van der Waals surface area (Å²) < 4.78 is 0. The molecule has 56 heavy (non-hydrogen) atoms. The summed E-state index contributed by atoms with van der Waals surface area (Å²) in [6.45, 7) is 0. The second kappa shape index (κ2) is 12.0. The quantitative estimate of drug-likeness (QED) is 0.170. The summed E-state index contributed by atoms with van der Waals surface area (Å²) in [6, 6.07) is 70.5. The lowest BCUT2D eigenvalue weighted by Gasteiger charge is -2.18. The molecule has 0 spiro atoms. The second-order valence-corrected chi connectivity index (χ2v) is 14.9. The van der Waals surface area contributed by atoms with E-state index in [1.807, 2.05) is 6.07 Å². The Morgan fingerprint density at radius 3 is 1.45 bits per heavy atom. The van der Waals surface area contributed by atoms with Gasteiger partial charge in [0.2, 0.25) is 0 Å². The number of fused-ring (bicyclic) bond motifs is 7. The van der Waals surface area contributed by atoms with Crippen molar-refractivity contribution in [1.29, 1.82) is 0 Å². The highest BCUT2D eigenvalue weighted by molar-refractivity contribution is 6.22. The number of aromatic nitrogens is 2. The molecule has 10 aromatic carbocycles. The van der Waals surface area contributed by atoms with E-state index in [2.05, 4.69) is 188 Å². The van der Waals surface area contributed by atoms with E-state index in [1.54, 1.807) is 0 Å². The Morgan fingerprint density at radius 2 is 0.768 bits per heavy atom. The maximum atomic E-state index is 5.33. The van der Waals surface area contributed by atoms with Crippen molar-refractivity contribution in [2.75, 3.05) is 0 Å². The second-order valence-electron chi connectivity index (χ2n) is 14.9. The normalized spacial score (nSPS) is 11.9. The third kappa shape index (κ3) is 4.63. The minimum absolute atomic E-state index is 0.739. The first kappa shape index (κ1) is 31.0. The molecule has 0 saturated carbocycles. The van der Waals surface area contributed by atoms with Crippen LogP contribution in [0.1, 0.15) is 0 Å². The van der Waals surface area contributed by atoms with Crippen LogP contribution in [0.4, 0.5) is 0 Å². The van der Waals surface area contributed by atoms with Crippen molar-refractivity contribution < 1.29 is 0 Å². The average molecular weight is 709 g/mol. The van der Waals surface area contributed by atoms with Gasteiger partial charge in [-0.3, -0.25) is 0 Å². The summed E-state index contributed by atoms with van der Waals surface area (Å²) >= 11 is 0. The Bertz CT molecular complexity index is 3340. The van der Waals surface area contributed by atoms with Gasteiger partial charge in [0, 0.05) is 22.3 Å². The predicted octanol–water partition coefficient (Wildman–Crippen LogP) is 14.6. The fraction of sp³-hybridized carbons (Fsp3) is 0. The Hall–Kier alpha value is -7.42. The van der Waals surface area contributed by atoms with Gasteiger partial charge in [-0.25, -0.2) is 9.97 Å². The summed E-state index contributed by atoms with van der Waals surface area (Å²) in [5.74, 6) is 0.739. The van der Waals surface area contributed by atoms with Gasteiger partial charge in [-0.1, -0.05) is 176 Å². The van der Waals surface area contributed by atoms with E-state index in [9.17, 15) is 0 Å². The maximum Gasteiger partial charge on any atom is 0.160 e. The lowest BCUT2D eigenvalue weighted by Crippen LogP contribution is -1.97. The van der Waals surface area contributed by atoms with Crippen molar-refractivity contribution in [3.8, 4) is 67.3 Å². The fourth-order valence-corrected chi connectivity index (χ4v) is 9.22. The predicted molar refractivity (Wildman–Crippen MR) is 236 cm³/mol. The van der Waals surface area contributed by atoms with Crippen molar-refractivity contribution in [3.63, 3.8) is 0 Å². The molecule has 11 aromatic rings. The summed E-state index contributed by atoms with van der Waals surface area (Å²) in [4.78, 5) is 10.6. The largest absolute Gasteiger partial charge is 0.227 e. The zero-order chi connectivity index (χ0) is 36.7. The van der Waals surface area contributed by atoms with E-state index < -0.39 is 0 Å². The van der Waals surface area contributed by atoms with Crippen molar-refractivity contribution in [1.82, 2.24) is 9.97 Å². The van der Waals surface area contributed by atoms with Gasteiger partial charge in [0.25, 0.3) is 0 Å². The van der Waals surface area contributed by atoms with Crippen LogP contribution in [0, 0.1) is 0 Å². The van der Waals surface area contributed by atoms with Crippen molar-refractivity contribution in [2.45, 2.75) is 0 Å². The molecule has 0 amide bonds. The maximum absolute atomic E-state index is 5.33. The molecule has 0 N–H and O–H groups in total. The van der Waals surface area contributed by atoms with Crippen LogP contribution in [0.3, 0.4) is 0 Å². The van der Waals surface area contributed by atoms with Gasteiger partial charge in [-0.05, 0) is 99.9 Å². The number of benzene rings is 10. The molecule has 12 rings (SSSR count). The van der Waals surface area contributed by atoms with Crippen LogP contribution < -0.4 is 0 Å². The van der Waals surface area contributed by atoms with E-state index in [0.29, 0.717) is 0 Å².